The van der Waals surface area contributed by atoms with E-state index >= 15 is 0 Å². The fourth-order valence-electron chi connectivity index (χ4n) is 10.7. The predicted molar refractivity (Wildman–Crippen MR) is 249 cm³/mol. The van der Waals surface area contributed by atoms with E-state index in [0.29, 0.717) is 5.95 Å². The lowest BCUT2D eigenvalue weighted by molar-refractivity contribution is 0.657. The lowest BCUT2D eigenvalue weighted by Gasteiger charge is -2.24. The van der Waals surface area contributed by atoms with Crippen molar-refractivity contribution in [1.29, 1.82) is 0 Å². The molecular weight excluding hydrogens is 735 g/mol. The highest BCUT2D eigenvalue weighted by Gasteiger charge is 2.40. The molecule has 0 bridgehead atoms. The van der Waals surface area contributed by atoms with Crippen molar-refractivity contribution in [2.24, 2.45) is 0 Å². The van der Waals surface area contributed by atoms with Gasteiger partial charge in [-0.1, -0.05) is 159 Å². The van der Waals surface area contributed by atoms with Gasteiger partial charge >= 0.3 is 0 Å². The molecule has 0 radical (unpaired) electrons. The Labute approximate surface area is 346 Å². The highest BCUT2D eigenvalue weighted by molar-refractivity contribution is 7.99. The fourth-order valence-corrected chi connectivity index (χ4v) is 11.7. The number of aryl methyl sites for hydroxylation is 1. The molecule has 1 aliphatic heterocycles. The number of aromatic nitrogens is 3. The van der Waals surface area contributed by atoms with E-state index in [1.807, 2.05) is 11.8 Å². The van der Waals surface area contributed by atoms with Gasteiger partial charge in [-0.15, -0.1) is 11.8 Å². The van der Waals surface area contributed by atoms with Crippen LogP contribution in [-0.4, -0.2) is 20.3 Å². The van der Waals surface area contributed by atoms with Gasteiger partial charge < -0.3 is 0 Å². The van der Waals surface area contributed by atoms with E-state index in [4.69, 9.17) is 9.97 Å². The average molecular weight is 772 g/mol. The Morgan fingerprint density at radius 2 is 1.17 bits per heavy atom. The first kappa shape index (κ1) is 33.2. The zero-order valence-corrected chi connectivity index (χ0v) is 33.6. The van der Waals surface area contributed by atoms with Gasteiger partial charge in [0.05, 0.1) is 22.4 Å². The second-order valence-electron chi connectivity index (χ2n) is 16.7. The third-order valence-corrected chi connectivity index (χ3v) is 14.4. The highest BCUT2D eigenvalue weighted by Crippen LogP contribution is 2.52. The molecule has 0 saturated heterocycles. The largest absolute Gasteiger partial charge is 0.277 e. The Bertz CT molecular complexity index is 3590. The van der Waals surface area contributed by atoms with Crippen molar-refractivity contribution in [1.82, 2.24) is 14.5 Å². The van der Waals surface area contributed by atoms with Gasteiger partial charge in [0.15, 0.2) is 0 Å². The minimum Gasteiger partial charge on any atom is -0.277 e. The summed E-state index contributed by atoms with van der Waals surface area (Å²) in [5.74, 6) is 1.76. The SMILES string of the molecule is CC1(C)c2ccccc2-c2nc(-n3c4ccc5c6ccccc6c6ccccc6c5c4c4ccc5ccccc5c43)nc(-c3ccc4c(c3)-c3ccccc3SCC4)c21. The molecule has 0 unspecified atom stereocenters. The lowest BCUT2D eigenvalue weighted by atomic mass is 9.80. The fraction of sp³-hybridized carbons (Fsp3) is 0.0909. The first-order valence-electron chi connectivity index (χ1n) is 20.6. The second kappa shape index (κ2) is 12.1. The minimum atomic E-state index is -0.302. The monoisotopic (exact) mass is 771 g/mol. The molecule has 1 aliphatic carbocycles. The number of fused-ring (bicyclic) bond motifs is 18. The van der Waals surface area contributed by atoms with Crippen LogP contribution in [-0.2, 0) is 11.8 Å². The maximum Gasteiger partial charge on any atom is 0.235 e. The van der Waals surface area contributed by atoms with Gasteiger partial charge in [0.25, 0.3) is 0 Å². The first-order chi connectivity index (χ1) is 29.0. The minimum absolute atomic E-state index is 0.302. The maximum atomic E-state index is 5.81. The van der Waals surface area contributed by atoms with Crippen LogP contribution < -0.4 is 0 Å². The Hall–Kier alpha value is -6.75. The van der Waals surface area contributed by atoms with E-state index < -0.39 is 0 Å². The summed E-state index contributed by atoms with van der Waals surface area (Å²) in [6.45, 7) is 4.68. The topological polar surface area (TPSA) is 30.7 Å². The number of hydrogen-bond donors (Lipinski definition) is 0. The summed E-state index contributed by atoms with van der Waals surface area (Å²) in [6, 6.07) is 60.6. The summed E-state index contributed by atoms with van der Waals surface area (Å²) in [6.07, 6.45) is 1.03. The summed E-state index contributed by atoms with van der Waals surface area (Å²) in [5, 5.41) is 12.4. The van der Waals surface area contributed by atoms with Crippen molar-refractivity contribution >= 4 is 76.7 Å². The maximum absolute atomic E-state index is 5.81. The number of rotatable bonds is 2. The van der Waals surface area contributed by atoms with Gasteiger partial charge in [0, 0.05) is 54.3 Å². The Morgan fingerprint density at radius 3 is 2.00 bits per heavy atom. The molecule has 13 rings (SSSR count). The normalized spacial score (nSPS) is 14.2. The molecule has 3 heterocycles. The van der Waals surface area contributed by atoms with Gasteiger partial charge in [-0.2, -0.15) is 0 Å². The van der Waals surface area contributed by atoms with E-state index in [2.05, 4.69) is 182 Å². The van der Waals surface area contributed by atoms with E-state index in [0.717, 1.165) is 40.2 Å². The number of nitrogens with zero attached hydrogens (tertiary/aromatic N) is 3. The van der Waals surface area contributed by atoms with Gasteiger partial charge in [0.2, 0.25) is 5.95 Å². The zero-order valence-electron chi connectivity index (χ0n) is 32.8. The van der Waals surface area contributed by atoms with E-state index in [1.54, 1.807) is 0 Å². The van der Waals surface area contributed by atoms with Gasteiger partial charge in [0.1, 0.15) is 0 Å². The van der Waals surface area contributed by atoms with Gasteiger partial charge in [-0.05, 0) is 79.2 Å². The quantitative estimate of drug-likeness (QED) is 0.164. The molecule has 2 aromatic heterocycles. The summed E-state index contributed by atoms with van der Waals surface area (Å²) in [7, 11) is 0. The highest BCUT2D eigenvalue weighted by atomic mass is 32.2. The van der Waals surface area contributed by atoms with Crippen LogP contribution >= 0.6 is 11.8 Å². The van der Waals surface area contributed by atoms with Crippen LogP contribution in [0.3, 0.4) is 0 Å². The molecule has 9 aromatic carbocycles. The third kappa shape index (κ3) is 4.55. The molecule has 0 saturated carbocycles. The van der Waals surface area contributed by atoms with Crippen molar-refractivity contribution < 1.29 is 0 Å². The standard InChI is InChI=1S/C55H37N3S/c1-55(2)45-21-11-9-20-42(45)52-50(55)51(34-24-23-33-29-30-59-47-22-12-10-18-39(47)44(33)31-34)56-54(57-52)58-46-28-27-41-38-17-6-5-15-36(38)37-16-7-8-19-40(37)48(41)49(46)43-26-25-32-13-3-4-14-35(32)53(43)58/h3-28,31H,29-30H2,1-2H3. The molecule has 0 amide bonds. The van der Waals surface area contributed by atoms with E-state index in [-0.39, 0.29) is 5.41 Å². The zero-order chi connectivity index (χ0) is 39.0. The molecule has 278 valence electrons. The Morgan fingerprint density at radius 1 is 0.525 bits per heavy atom. The van der Waals surface area contributed by atoms with Crippen LogP contribution in [0.2, 0.25) is 0 Å². The molecule has 0 atom stereocenters. The summed E-state index contributed by atoms with van der Waals surface area (Å²) in [5.41, 5.74) is 12.7. The van der Waals surface area contributed by atoms with Gasteiger partial charge in [-0.3, -0.25) is 4.57 Å². The Balaban J connectivity index is 1.20. The summed E-state index contributed by atoms with van der Waals surface area (Å²) >= 11 is 1.96. The number of thioether (sulfide) groups is 1. The summed E-state index contributed by atoms with van der Waals surface area (Å²) in [4.78, 5) is 12.9. The molecule has 0 spiro atoms. The lowest BCUT2D eigenvalue weighted by Crippen LogP contribution is -2.18. The second-order valence-corrected chi connectivity index (χ2v) is 17.9. The van der Waals surface area contributed by atoms with Crippen molar-refractivity contribution in [3.05, 3.63) is 180 Å². The van der Waals surface area contributed by atoms with Crippen molar-refractivity contribution in [3.8, 4) is 39.6 Å². The van der Waals surface area contributed by atoms with Crippen LogP contribution in [0.15, 0.2) is 169 Å². The van der Waals surface area contributed by atoms with Crippen LogP contribution in [0.1, 0.15) is 30.5 Å². The molecule has 2 aliphatic rings. The molecule has 0 fully saturated rings. The summed E-state index contributed by atoms with van der Waals surface area (Å²) < 4.78 is 2.38. The average Bonchev–Trinajstić information content (AvgIpc) is 3.66. The van der Waals surface area contributed by atoms with E-state index in [1.165, 1.54) is 92.1 Å². The first-order valence-corrected chi connectivity index (χ1v) is 21.6. The number of hydrogen-bond acceptors (Lipinski definition) is 3. The molecular formula is C55H37N3S. The van der Waals surface area contributed by atoms with Crippen molar-refractivity contribution in [3.63, 3.8) is 0 Å². The van der Waals surface area contributed by atoms with E-state index in [9.17, 15) is 0 Å². The molecule has 59 heavy (non-hydrogen) atoms. The Kier molecular flexibility index (Phi) is 6.84. The third-order valence-electron chi connectivity index (χ3n) is 13.3. The van der Waals surface area contributed by atoms with Crippen molar-refractivity contribution in [2.75, 3.05) is 5.75 Å². The smallest absolute Gasteiger partial charge is 0.235 e. The molecule has 0 N–H and O–H groups in total. The molecule has 3 nitrogen and oxygen atoms in total. The number of benzene rings is 9. The van der Waals surface area contributed by atoms with Crippen molar-refractivity contribution in [2.45, 2.75) is 30.6 Å². The van der Waals surface area contributed by atoms with Gasteiger partial charge in [-0.25, -0.2) is 9.97 Å². The van der Waals surface area contributed by atoms with Crippen LogP contribution in [0.25, 0.3) is 104 Å². The molecule has 4 heteroatoms. The van der Waals surface area contributed by atoms with Crippen LogP contribution in [0.4, 0.5) is 0 Å². The molecule has 11 aromatic rings. The van der Waals surface area contributed by atoms with Crippen LogP contribution in [0.5, 0.6) is 0 Å². The predicted octanol–water partition coefficient (Wildman–Crippen LogP) is 14.5. The van der Waals surface area contributed by atoms with Crippen LogP contribution in [0, 0.1) is 0 Å².